The Balaban J connectivity index is 1.85. The van der Waals surface area contributed by atoms with Gasteiger partial charge in [-0.1, -0.05) is 35.9 Å². The maximum absolute atomic E-state index is 12.8. The van der Waals surface area contributed by atoms with Gasteiger partial charge in [0.15, 0.2) is 0 Å². The molecule has 5 heteroatoms. The van der Waals surface area contributed by atoms with Crippen LogP contribution in [0.2, 0.25) is 5.02 Å². The van der Waals surface area contributed by atoms with E-state index >= 15 is 0 Å². The first-order valence-electron chi connectivity index (χ1n) is 8.40. The van der Waals surface area contributed by atoms with Gasteiger partial charge >= 0.3 is 0 Å². The van der Waals surface area contributed by atoms with Crippen LogP contribution in [0.1, 0.15) is 23.6 Å². The number of nitrogens with zero attached hydrogens (tertiary/aromatic N) is 1. The van der Waals surface area contributed by atoms with Gasteiger partial charge in [-0.2, -0.15) is 0 Å². The van der Waals surface area contributed by atoms with E-state index in [1.54, 1.807) is 25.3 Å². The van der Waals surface area contributed by atoms with E-state index in [4.69, 9.17) is 16.3 Å². The lowest BCUT2D eigenvalue weighted by molar-refractivity contribution is -0.116. The molecule has 134 valence electrons. The summed E-state index contributed by atoms with van der Waals surface area (Å²) in [5.41, 5.74) is 2.84. The molecule has 0 bridgehead atoms. The molecule has 0 radical (unpaired) electrons. The molecule has 0 saturated carbocycles. The third kappa shape index (κ3) is 4.09. The van der Waals surface area contributed by atoms with E-state index in [0.29, 0.717) is 22.9 Å². The number of anilines is 1. The molecule has 0 aliphatic carbocycles. The van der Waals surface area contributed by atoms with Gasteiger partial charge in [-0.05, 0) is 48.4 Å². The van der Waals surface area contributed by atoms with E-state index in [0.717, 1.165) is 11.1 Å². The first kappa shape index (κ1) is 18.1. The lowest BCUT2D eigenvalue weighted by Crippen LogP contribution is -2.20. The van der Waals surface area contributed by atoms with Crippen LogP contribution in [0.4, 0.5) is 5.69 Å². The number of hydrogen-bond donors (Lipinski definition) is 1. The number of rotatable bonds is 6. The van der Waals surface area contributed by atoms with Crippen LogP contribution in [0.5, 0.6) is 5.75 Å². The second-order valence-electron chi connectivity index (χ2n) is 6.10. The number of nitrogens with one attached hydrogen (secondary N) is 1. The maximum atomic E-state index is 12.8. The topological polar surface area (TPSA) is 43.3 Å². The SMILES string of the molecule is COc1ccc(Cl)cc1NC(=O)CC(c1ccccc1C)n1cccc1. The molecule has 3 aromatic rings. The van der Waals surface area contributed by atoms with Crippen molar-refractivity contribution in [2.45, 2.75) is 19.4 Å². The molecule has 1 amide bonds. The van der Waals surface area contributed by atoms with Crippen molar-refractivity contribution >= 4 is 23.2 Å². The smallest absolute Gasteiger partial charge is 0.226 e. The molecule has 0 aliphatic rings. The lowest BCUT2D eigenvalue weighted by Gasteiger charge is -2.21. The van der Waals surface area contributed by atoms with Crippen molar-refractivity contribution < 1.29 is 9.53 Å². The number of carbonyl (C=O) groups is 1. The minimum atomic E-state index is -0.104. The Kier molecular flexibility index (Phi) is 5.64. The molecular weight excluding hydrogens is 348 g/mol. The third-order valence-electron chi connectivity index (χ3n) is 4.35. The predicted molar refractivity (Wildman–Crippen MR) is 105 cm³/mol. The third-order valence-corrected chi connectivity index (χ3v) is 4.58. The van der Waals surface area contributed by atoms with Crippen LogP contribution in [0, 0.1) is 6.92 Å². The fourth-order valence-corrected chi connectivity index (χ4v) is 3.22. The number of benzene rings is 2. The average Bonchev–Trinajstić information content (AvgIpc) is 3.15. The quantitative estimate of drug-likeness (QED) is 0.659. The highest BCUT2D eigenvalue weighted by atomic mass is 35.5. The van der Waals surface area contributed by atoms with E-state index in [1.165, 1.54) is 0 Å². The minimum absolute atomic E-state index is 0.0867. The van der Waals surface area contributed by atoms with Crippen LogP contribution in [0.3, 0.4) is 0 Å². The van der Waals surface area contributed by atoms with Gasteiger partial charge in [0.05, 0.1) is 25.3 Å². The van der Waals surface area contributed by atoms with Crippen LogP contribution in [0.15, 0.2) is 67.0 Å². The van der Waals surface area contributed by atoms with Gasteiger partial charge in [-0.15, -0.1) is 0 Å². The zero-order valence-electron chi connectivity index (χ0n) is 14.8. The number of amides is 1. The largest absolute Gasteiger partial charge is 0.495 e. The van der Waals surface area contributed by atoms with Gasteiger partial charge in [-0.3, -0.25) is 4.79 Å². The van der Waals surface area contributed by atoms with E-state index in [9.17, 15) is 4.79 Å². The Hall–Kier alpha value is -2.72. The first-order valence-corrected chi connectivity index (χ1v) is 8.77. The zero-order chi connectivity index (χ0) is 18.5. The Labute approximate surface area is 158 Å². The molecule has 1 heterocycles. The zero-order valence-corrected chi connectivity index (χ0v) is 15.5. The molecule has 0 fully saturated rings. The second-order valence-corrected chi connectivity index (χ2v) is 6.54. The van der Waals surface area contributed by atoms with Crippen molar-refractivity contribution in [1.82, 2.24) is 4.57 Å². The summed E-state index contributed by atoms with van der Waals surface area (Å²) in [6.07, 6.45) is 4.25. The van der Waals surface area contributed by atoms with Crippen molar-refractivity contribution in [3.05, 3.63) is 83.1 Å². The van der Waals surface area contributed by atoms with Crippen LogP contribution in [-0.2, 0) is 4.79 Å². The van der Waals surface area contributed by atoms with Gasteiger partial charge in [0.25, 0.3) is 0 Å². The van der Waals surface area contributed by atoms with Crippen molar-refractivity contribution in [2.24, 2.45) is 0 Å². The normalized spacial score (nSPS) is 11.8. The van der Waals surface area contributed by atoms with Crippen LogP contribution in [-0.4, -0.2) is 17.6 Å². The highest BCUT2D eigenvalue weighted by molar-refractivity contribution is 6.31. The van der Waals surface area contributed by atoms with Gasteiger partial charge in [0.2, 0.25) is 5.91 Å². The molecule has 0 saturated heterocycles. The van der Waals surface area contributed by atoms with E-state index in [-0.39, 0.29) is 11.9 Å². The van der Waals surface area contributed by atoms with Crippen molar-refractivity contribution in [3.8, 4) is 5.75 Å². The second kappa shape index (κ2) is 8.11. The monoisotopic (exact) mass is 368 g/mol. The number of ether oxygens (including phenoxy) is 1. The Morgan fingerprint density at radius 2 is 1.88 bits per heavy atom. The summed E-state index contributed by atoms with van der Waals surface area (Å²) in [5.74, 6) is 0.476. The van der Waals surface area contributed by atoms with Gasteiger partial charge in [0, 0.05) is 17.4 Å². The Morgan fingerprint density at radius 1 is 1.15 bits per heavy atom. The van der Waals surface area contributed by atoms with Gasteiger partial charge < -0.3 is 14.6 Å². The molecule has 4 nitrogen and oxygen atoms in total. The fourth-order valence-electron chi connectivity index (χ4n) is 3.05. The average molecular weight is 369 g/mol. The molecular formula is C21H21ClN2O2. The molecule has 1 N–H and O–H groups in total. The van der Waals surface area contributed by atoms with E-state index < -0.39 is 0 Å². The fraction of sp³-hybridized carbons (Fsp3) is 0.190. The van der Waals surface area contributed by atoms with Crippen molar-refractivity contribution in [3.63, 3.8) is 0 Å². The number of methoxy groups -OCH3 is 1. The summed E-state index contributed by atoms with van der Waals surface area (Å²) in [5, 5.41) is 3.47. The van der Waals surface area contributed by atoms with E-state index in [2.05, 4.69) is 28.9 Å². The summed E-state index contributed by atoms with van der Waals surface area (Å²) in [7, 11) is 1.56. The number of hydrogen-bond acceptors (Lipinski definition) is 2. The molecule has 1 atom stereocenters. The summed E-state index contributed by atoms with van der Waals surface area (Å²) in [6, 6.07) is 17.1. The van der Waals surface area contributed by atoms with Crippen molar-refractivity contribution in [2.75, 3.05) is 12.4 Å². The van der Waals surface area contributed by atoms with E-state index in [1.807, 2.05) is 36.7 Å². The van der Waals surface area contributed by atoms with Crippen LogP contribution < -0.4 is 10.1 Å². The summed E-state index contributed by atoms with van der Waals surface area (Å²) < 4.78 is 7.36. The number of carbonyl (C=O) groups excluding carboxylic acids is 1. The standard InChI is InChI=1S/C21H21ClN2O2/c1-15-7-3-4-8-17(15)19(24-11-5-6-12-24)14-21(25)23-18-13-16(22)9-10-20(18)26-2/h3-13,19H,14H2,1-2H3,(H,23,25). The Morgan fingerprint density at radius 3 is 2.58 bits per heavy atom. The van der Waals surface area contributed by atoms with Gasteiger partial charge in [0.1, 0.15) is 5.75 Å². The highest BCUT2D eigenvalue weighted by Gasteiger charge is 2.20. The van der Waals surface area contributed by atoms with Crippen molar-refractivity contribution in [1.29, 1.82) is 0 Å². The lowest BCUT2D eigenvalue weighted by atomic mass is 9.98. The molecule has 3 rings (SSSR count). The summed E-state index contributed by atoms with van der Waals surface area (Å²) in [4.78, 5) is 12.8. The molecule has 0 spiro atoms. The minimum Gasteiger partial charge on any atom is -0.495 e. The van der Waals surface area contributed by atoms with Crippen LogP contribution in [0.25, 0.3) is 0 Å². The molecule has 1 unspecified atom stereocenters. The summed E-state index contributed by atoms with van der Waals surface area (Å²) >= 11 is 6.05. The molecule has 1 aromatic heterocycles. The van der Waals surface area contributed by atoms with Gasteiger partial charge in [-0.25, -0.2) is 0 Å². The van der Waals surface area contributed by atoms with Crippen LogP contribution >= 0.6 is 11.6 Å². The molecule has 0 aliphatic heterocycles. The molecule has 26 heavy (non-hydrogen) atoms. The maximum Gasteiger partial charge on any atom is 0.226 e. The number of aromatic nitrogens is 1. The number of aryl methyl sites for hydroxylation is 1. The molecule has 2 aromatic carbocycles. The highest BCUT2D eigenvalue weighted by Crippen LogP contribution is 2.30. The number of halogens is 1. The summed E-state index contributed by atoms with van der Waals surface area (Å²) in [6.45, 7) is 2.06. The predicted octanol–water partition coefficient (Wildman–Crippen LogP) is 5.08. The Bertz CT molecular complexity index is 891. The first-order chi connectivity index (χ1) is 12.6.